The Morgan fingerprint density at radius 2 is 1.78 bits per heavy atom. The van der Waals surface area contributed by atoms with Crippen LogP contribution in [0.25, 0.3) is 0 Å². The average Bonchev–Trinajstić information content (AvgIpc) is 2.69. The molecule has 0 saturated carbocycles. The first kappa shape index (κ1) is 19.2. The number of rotatable bonds is 5. The molecule has 0 aliphatic carbocycles. The Labute approximate surface area is 162 Å². The van der Waals surface area contributed by atoms with Gasteiger partial charge < -0.3 is 15.0 Å². The molecular weight excluding hydrogens is 371 g/mol. The summed E-state index contributed by atoms with van der Waals surface area (Å²) in [5.41, 5.74) is 0.178. The Kier molecular flexibility index (Phi) is 6.29. The van der Waals surface area contributed by atoms with Gasteiger partial charge in [0.1, 0.15) is 11.6 Å². The smallest absolute Gasteiger partial charge is 0.260 e. The van der Waals surface area contributed by atoms with Crippen molar-refractivity contribution in [1.82, 2.24) is 4.90 Å². The number of halogens is 2. The normalized spacial score (nSPS) is 14.7. The van der Waals surface area contributed by atoms with Gasteiger partial charge >= 0.3 is 0 Å². The Bertz CT molecular complexity index is 805. The maximum Gasteiger partial charge on any atom is 0.260 e. The molecule has 0 atom stereocenters. The predicted molar refractivity (Wildman–Crippen MR) is 101 cm³/mol. The summed E-state index contributed by atoms with van der Waals surface area (Å²) in [6, 6.07) is 12.9. The van der Waals surface area contributed by atoms with Crippen molar-refractivity contribution in [2.24, 2.45) is 5.92 Å². The lowest BCUT2D eigenvalue weighted by atomic mass is 9.95. The van der Waals surface area contributed by atoms with Crippen molar-refractivity contribution in [3.05, 3.63) is 59.4 Å². The lowest BCUT2D eigenvalue weighted by Gasteiger charge is -2.31. The van der Waals surface area contributed by atoms with Gasteiger partial charge in [0.15, 0.2) is 6.61 Å². The fourth-order valence-corrected chi connectivity index (χ4v) is 3.08. The number of nitrogens with one attached hydrogen (secondary N) is 1. The Balaban J connectivity index is 1.45. The lowest BCUT2D eigenvalue weighted by Crippen LogP contribution is -2.43. The molecule has 0 aromatic heterocycles. The maximum atomic E-state index is 13.6. The van der Waals surface area contributed by atoms with Crippen LogP contribution >= 0.6 is 11.6 Å². The number of amides is 2. The number of nitrogens with zero attached hydrogens (tertiary/aromatic N) is 1. The van der Waals surface area contributed by atoms with Crippen LogP contribution in [0.5, 0.6) is 5.75 Å². The molecule has 1 saturated heterocycles. The molecule has 7 heteroatoms. The number of piperidine rings is 1. The highest BCUT2D eigenvalue weighted by atomic mass is 35.5. The molecule has 27 heavy (non-hydrogen) atoms. The zero-order valence-corrected chi connectivity index (χ0v) is 15.4. The van der Waals surface area contributed by atoms with Crippen LogP contribution < -0.4 is 10.1 Å². The molecule has 1 N–H and O–H groups in total. The minimum atomic E-state index is -0.460. The van der Waals surface area contributed by atoms with E-state index in [2.05, 4.69) is 5.32 Å². The van der Waals surface area contributed by atoms with Gasteiger partial charge in [0.05, 0.1) is 5.69 Å². The van der Waals surface area contributed by atoms with Crippen molar-refractivity contribution in [3.8, 4) is 5.75 Å². The molecule has 3 rings (SSSR count). The number of ether oxygens (including phenoxy) is 1. The van der Waals surface area contributed by atoms with Crippen LogP contribution in [-0.4, -0.2) is 36.4 Å². The summed E-state index contributed by atoms with van der Waals surface area (Å²) in [5.74, 6) is -0.474. The molecule has 0 spiro atoms. The molecule has 5 nitrogen and oxygen atoms in total. The van der Waals surface area contributed by atoms with E-state index in [9.17, 15) is 14.0 Å². The van der Waals surface area contributed by atoms with Crippen molar-refractivity contribution < 1.29 is 18.7 Å². The lowest BCUT2D eigenvalue weighted by molar-refractivity contribution is -0.136. The highest BCUT2D eigenvalue weighted by Crippen LogP contribution is 2.21. The number of carbonyl (C=O) groups excluding carboxylic acids is 2. The van der Waals surface area contributed by atoms with Crippen LogP contribution in [0.4, 0.5) is 10.1 Å². The second-order valence-corrected chi connectivity index (χ2v) is 6.80. The molecule has 1 fully saturated rings. The van der Waals surface area contributed by atoms with Gasteiger partial charge in [0.25, 0.3) is 5.91 Å². The van der Waals surface area contributed by atoms with Crippen LogP contribution in [0.1, 0.15) is 12.8 Å². The first-order chi connectivity index (χ1) is 13.0. The summed E-state index contributed by atoms with van der Waals surface area (Å²) in [7, 11) is 0. The van der Waals surface area contributed by atoms with E-state index < -0.39 is 5.82 Å². The number of carbonyl (C=O) groups is 2. The van der Waals surface area contributed by atoms with E-state index in [0.29, 0.717) is 36.7 Å². The molecule has 2 aromatic rings. The number of hydrogen-bond donors (Lipinski definition) is 1. The largest absolute Gasteiger partial charge is 0.484 e. The fraction of sp³-hybridized carbons (Fsp3) is 0.300. The fourth-order valence-electron chi connectivity index (χ4n) is 2.96. The van der Waals surface area contributed by atoms with E-state index in [1.807, 2.05) is 0 Å². The van der Waals surface area contributed by atoms with Gasteiger partial charge in [-0.25, -0.2) is 4.39 Å². The SMILES string of the molecule is O=C(Nc1ccccc1F)C1CCN(C(=O)COc2ccc(Cl)cc2)CC1. The van der Waals surface area contributed by atoms with Crippen molar-refractivity contribution >= 4 is 29.1 Å². The number of anilines is 1. The summed E-state index contributed by atoms with van der Waals surface area (Å²) in [4.78, 5) is 26.3. The molecule has 2 amide bonds. The number of para-hydroxylation sites is 1. The van der Waals surface area contributed by atoms with Crippen molar-refractivity contribution in [2.75, 3.05) is 25.0 Å². The van der Waals surface area contributed by atoms with Crippen LogP contribution in [0.2, 0.25) is 5.02 Å². The Morgan fingerprint density at radius 1 is 1.11 bits per heavy atom. The van der Waals surface area contributed by atoms with Crippen molar-refractivity contribution in [1.29, 1.82) is 0 Å². The first-order valence-electron chi connectivity index (χ1n) is 8.74. The summed E-state index contributed by atoms with van der Waals surface area (Å²) in [6.07, 6.45) is 1.07. The zero-order chi connectivity index (χ0) is 19.2. The second-order valence-electron chi connectivity index (χ2n) is 6.37. The quantitative estimate of drug-likeness (QED) is 0.846. The Hall–Kier alpha value is -2.60. The molecule has 0 bridgehead atoms. The van der Waals surface area contributed by atoms with Crippen LogP contribution in [0, 0.1) is 11.7 Å². The average molecular weight is 391 g/mol. The third-order valence-electron chi connectivity index (χ3n) is 4.53. The van der Waals surface area contributed by atoms with Crippen molar-refractivity contribution in [3.63, 3.8) is 0 Å². The predicted octanol–water partition coefficient (Wildman–Crippen LogP) is 3.74. The minimum absolute atomic E-state index is 0.0618. The number of benzene rings is 2. The van der Waals surface area contributed by atoms with Gasteiger partial charge in [-0.1, -0.05) is 23.7 Å². The highest BCUT2D eigenvalue weighted by molar-refractivity contribution is 6.30. The highest BCUT2D eigenvalue weighted by Gasteiger charge is 2.27. The summed E-state index contributed by atoms with van der Waals surface area (Å²) >= 11 is 5.81. The molecule has 0 unspecified atom stereocenters. The summed E-state index contributed by atoms with van der Waals surface area (Å²) in [5, 5.41) is 3.22. The molecule has 1 aliphatic heterocycles. The van der Waals surface area contributed by atoms with Gasteiger partial charge in [0.2, 0.25) is 5.91 Å². The summed E-state index contributed by atoms with van der Waals surface area (Å²) in [6.45, 7) is 0.879. The number of hydrogen-bond acceptors (Lipinski definition) is 3. The molecule has 142 valence electrons. The van der Waals surface area contributed by atoms with Crippen LogP contribution in [0.3, 0.4) is 0 Å². The van der Waals surface area contributed by atoms with Gasteiger partial charge in [-0.3, -0.25) is 9.59 Å². The van der Waals surface area contributed by atoms with Gasteiger partial charge in [0, 0.05) is 24.0 Å². The Morgan fingerprint density at radius 3 is 2.44 bits per heavy atom. The van der Waals surface area contributed by atoms with E-state index in [4.69, 9.17) is 16.3 Å². The first-order valence-corrected chi connectivity index (χ1v) is 9.12. The van der Waals surface area contributed by atoms with Crippen LogP contribution in [0.15, 0.2) is 48.5 Å². The second kappa shape index (κ2) is 8.86. The molecule has 1 aliphatic rings. The maximum absolute atomic E-state index is 13.6. The molecular formula is C20H20ClFN2O3. The van der Waals surface area contributed by atoms with Gasteiger partial charge in [-0.05, 0) is 49.2 Å². The molecule has 1 heterocycles. The van der Waals surface area contributed by atoms with Gasteiger partial charge in [-0.15, -0.1) is 0 Å². The van der Waals surface area contributed by atoms with Gasteiger partial charge in [-0.2, -0.15) is 0 Å². The third-order valence-corrected chi connectivity index (χ3v) is 4.78. The van der Waals surface area contributed by atoms with E-state index in [1.165, 1.54) is 12.1 Å². The molecule has 2 aromatic carbocycles. The van der Waals surface area contributed by atoms with Crippen LogP contribution in [-0.2, 0) is 9.59 Å². The van der Waals surface area contributed by atoms with E-state index >= 15 is 0 Å². The van der Waals surface area contributed by atoms with E-state index in [-0.39, 0.29) is 30.0 Å². The van der Waals surface area contributed by atoms with Crippen molar-refractivity contribution in [2.45, 2.75) is 12.8 Å². The number of likely N-dealkylation sites (tertiary alicyclic amines) is 1. The topological polar surface area (TPSA) is 58.6 Å². The zero-order valence-electron chi connectivity index (χ0n) is 14.7. The third kappa shape index (κ3) is 5.20. The monoisotopic (exact) mass is 390 g/mol. The minimum Gasteiger partial charge on any atom is -0.484 e. The van der Waals surface area contributed by atoms with E-state index in [1.54, 1.807) is 41.3 Å². The standard InChI is InChI=1S/C20H20ClFN2O3/c21-15-5-7-16(8-6-15)27-13-19(25)24-11-9-14(10-12-24)20(26)23-18-4-2-1-3-17(18)22/h1-8,14H,9-13H2,(H,23,26). The van der Waals surface area contributed by atoms with E-state index in [0.717, 1.165) is 0 Å². The summed E-state index contributed by atoms with van der Waals surface area (Å²) < 4.78 is 19.1. The molecule has 0 radical (unpaired) electrons.